The van der Waals surface area contributed by atoms with Crippen molar-refractivity contribution in [2.24, 2.45) is 0 Å². The minimum Gasteiger partial charge on any atom is -0.497 e. The third-order valence-electron chi connectivity index (χ3n) is 5.06. The van der Waals surface area contributed by atoms with Crippen molar-refractivity contribution in [3.05, 3.63) is 64.2 Å². The Morgan fingerprint density at radius 2 is 1.75 bits per heavy atom. The number of carbonyl (C=O) groups is 2. The fourth-order valence-electron chi connectivity index (χ4n) is 3.45. The smallest absolute Gasteiger partial charge is 0.257 e. The molecule has 1 atom stereocenters. The molecule has 0 spiro atoms. The molecule has 1 aliphatic rings. The number of rotatable bonds is 6. The molecule has 3 aromatic rings. The Morgan fingerprint density at radius 1 is 1.03 bits per heavy atom. The highest BCUT2D eigenvalue weighted by atomic mass is 32.1. The van der Waals surface area contributed by atoms with Crippen molar-refractivity contribution in [2.75, 3.05) is 24.9 Å². The molecule has 2 aromatic carbocycles. The number of methoxy groups -OCH3 is 2. The van der Waals surface area contributed by atoms with E-state index < -0.39 is 23.5 Å². The Hall–Kier alpha value is -3.53. The molecule has 0 aliphatic heterocycles. The summed E-state index contributed by atoms with van der Waals surface area (Å²) in [6.45, 7) is 0. The van der Waals surface area contributed by atoms with Gasteiger partial charge in [-0.05, 0) is 37.1 Å². The maximum atomic E-state index is 13.4. The van der Waals surface area contributed by atoms with Gasteiger partial charge in [-0.1, -0.05) is 0 Å². The SMILES string of the molecule is COc1cc(OC)cc(C(=O)Nc2nc3c(s2)CCC3C(=O)Nc2ccc(F)c(F)c2)c1. The second kappa shape index (κ2) is 8.91. The van der Waals surface area contributed by atoms with Gasteiger partial charge in [0.25, 0.3) is 5.91 Å². The summed E-state index contributed by atoms with van der Waals surface area (Å²) in [6.07, 6.45) is 1.18. The molecule has 1 aliphatic carbocycles. The highest BCUT2D eigenvalue weighted by molar-refractivity contribution is 7.16. The molecule has 0 bridgehead atoms. The number of carbonyl (C=O) groups excluding carboxylic acids is 2. The average molecular weight is 459 g/mol. The molecule has 32 heavy (non-hydrogen) atoms. The summed E-state index contributed by atoms with van der Waals surface area (Å²) in [5.74, 6) is -2.37. The van der Waals surface area contributed by atoms with E-state index in [0.29, 0.717) is 40.7 Å². The standard InChI is InChI=1S/C22H19F2N3O4S/c1-30-13-7-11(8-14(10-13)31-2)20(28)27-22-26-19-15(4-6-18(19)32-22)21(29)25-12-3-5-16(23)17(24)9-12/h3,5,7-10,15H,4,6H2,1-2H3,(H,25,29)(H,26,27,28). The van der Waals surface area contributed by atoms with Crippen LogP contribution in [0.4, 0.5) is 19.6 Å². The van der Waals surface area contributed by atoms with E-state index in [1.807, 2.05) is 0 Å². The first-order valence-corrected chi connectivity index (χ1v) is 10.5. The molecule has 7 nitrogen and oxygen atoms in total. The molecule has 0 radical (unpaired) electrons. The van der Waals surface area contributed by atoms with Crippen LogP contribution in [0.1, 0.15) is 33.3 Å². The topological polar surface area (TPSA) is 89.6 Å². The van der Waals surface area contributed by atoms with E-state index in [0.717, 1.165) is 17.0 Å². The zero-order valence-electron chi connectivity index (χ0n) is 17.2. The zero-order valence-corrected chi connectivity index (χ0v) is 18.0. The second-order valence-corrected chi connectivity index (χ2v) is 8.18. The van der Waals surface area contributed by atoms with E-state index in [-0.39, 0.29) is 11.6 Å². The Labute approximate surface area is 186 Å². The summed E-state index contributed by atoms with van der Waals surface area (Å²) in [7, 11) is 2.99. The van der Waals surface area contributed by atoms with Crippen LogP contribution in [0.5, 0.6) is 11.5 Å². The van der Waals surface area contributed by atoms with Gasteiger partial charge in [0.15, 0.2) is 16.8 Å². The van der Waals surface area contributed by atoms with Crippen molar-refractivity contribution in [1.29, 1.82) is 0 Å². The van der Waals surface area contributed by atoms with Gasteiger partial charge in [-0.2, -0.15) is 0 Å². The molecule has 10 heteroatoms. The molecule has 4 rings (SSSR count). The van der Waals surface area contributed by atoms with Gasteiger partial charge in [0, 0.05) is 28.3 Å². The second-order valence-electron chi connectivity index (χ2n) is 7.09. The fraction of sp³-hybridized carbons (Fsp3) is 0.227. The van der Waals surface area contributed by atoms with E-state index >= 15 is 0 Å². The number of ether oxygens (including phenoxy) is 2. The van der Waals surface area contributed by atoms with Crippen molar-refractivity contribution in [2.45, 2.75) is 18.8 Å². The maximum absolute atomic E-state index is 13.4. The van der Waals surface area contributed by atoms with Gasteiger partial charge in [-0.25, -0.2) is 13.8 Å². The van der Waals surface area contributed by atoms with Crippen molar-refractivity contribution in [1.82, 2.24) is 4.98 Å². The number of thiazole rings is 1. The third kappa shape index (κ3) is 4.40. The van der Waals surface area contributed by atoms with Crippen LogP contribution in [0.2, 0.25) is 0 Å². The van der Waals surface area contributed by atoms with Crippen LogP contribution in [0.15, 0.2) is 36.4 Å². The first-order chi connectivity index (χ1) is 15.4. The van der Waals surface area contributed by atoms with Gasteiger partial charge in [-0.15, -0.1) is 11.3 Å². The molecule has 2 N–H and O–H groups in total. The summed E-state index contributed by atoms with van der Waals surface area (Å²) in [5.41, 5.74) is 1.08. The van der Waals surface area contributed by atoms with Gasteiger partial charge in [-0.3, -0.25) is 14.9 Å². The molecule has 2 amide bonds. The van der Waals surface area contributed by atoms with Gasteiger partial charge >= 0.3 is 0 Å². The third-order valence-corrected chi connectivity index (χ3v) is 6.10. The number of aryl methyl sites for hydroxylation is 1. The van der Waals surface area contributed by atoms with E-state index in [4.69, 9.17) is 9.47 Å². The Balaban J connectivity index is 1.48. The van der Waals surface area contributed by atoms with Crippen molar-refractivity contribution >= 4 is 34.0 Å². The van der Waals surface area contributed by atoms with Crippen LogP contribution in [-0.4, -0.2) is 31.0 Å². The lowest BCUT2D eigenvalue weighted by atomic mass is 10.1. The lowest BCUT2D eigenvalue weighted by Gasteiger charge is -2.11. The first-order valence-electron chi connectivity index (χ1n) is 9.68. The lowest BCUT2D eigenvalue weighted by Crippen LogP contribution is -2.20. The maximum Gasteiger partial charge on any atom is 0.257 e. The summed E-state index contributed by atoms with van der Waals surface area (Å²) >= 11 is 1.30. The minimum absolute atomic E-state index is 0.165. The molecule has 0 saturated heterocycles. The van der Waals surface area contributed by atoms with Crippen LogP contribution in [0, 0.1) is 11.6 Å². The number of hydrogen-bond donors (Lipinski definition) is 2. The summed E-state index contributed by atoms with van der Waals surface area (Å²) < 4.78 is 36.9. The lowest BCUT2D eigenvalue weighted by molar-refractivity contribution is -0.117. The van der Waals surface area contributed by atoms with Crippen molar-refractivity contribution in [3.63, 3.8) is 0 Å². The number of hydrogen-bond acceptors (Lipinski definition) is 6. The van der Waals surface area contributed by atoms with Gasteiger partial charge in [0.05, 0.1) is 25.8 Å². The number of anilines is 2. The Morgan fingerprint density at radius 3 is 2.41 bits per heavy atom. The quantitative estimate of drug-likeness (QED) is 0.572. The van der Waals surface area contributed by atoms with Gasteiger partial charge in [0.2, 0.25) is 5.91 Å². The van der Waals surface area contributed by atoms with Gasteiger partial charge < -0.3 is 14.8 Å². The molecule has 1 unspecified atom stereocenters. The predicted octanol–water partition coefficient (Wildman–Crippen LogP) is 4.36. The van der Waals surface area contributed by atoms with Crippen LogP contribution in [0.3, 0.4) is 0 Å². The normalized spacial score (nSPS) is 14.6. The summed E-state index contributed by atoms with van der Waals surface area (Å²) in [6, 6.07) is 7.99. The molecule has 1 aromatic heterocycles. The van der Waals surface area contributed by atoms with Crippen molar-refractivity contribution in [3.8, 4) is 11.5 Å². The monoisotopic (exact) mass is 459 g/mol. The number of aromatic nitrogens is 1. The van der Waals surface area contributed by atoms with E-state index in [2.05, 4.69) is 15.6 Å². The Kier molecular flexibility index (Phi) is 6.04. The van der Waals surface area contributed by atoms with Gasteiger partial charge in [0.1, 0.15) is 11.5 Å². The molecule has 0 saturated carbocycles. The molecular formula is C22H19F2N3O4S. The van der Waals surface area contributed by atoms with Crippen LogP contribution in [0.25, 0.3) is 0 Å². The number of nitrogens with zero attached hydrogens (tertiary/aromatic N) is 1. The van der Waals surface area contributed by atoms with Crippen LogP contribution >= 0.6 is 11.3 Å². The number of fused-ring (bicyclic) bond motifs is 1. The minimum atomic E-state index is -1.04. The first kappa shape index (κ1) is 21.7. The number of benzene rings is 2. The molecule has 166 valence electrons. The Bertz CT molecular complexity index is 1180. The zero-order chi connectivity index (χ0) is 22.8. The number of nitrogens with one attached hydrogen (secondary N) is 2. The predicted molar refractivity (Wildman–Crippen MR) is 116 cm³/mol. The summed E-state index contributed by atoms with van der Waals surface area (Å²) in [5, 5.41) is 5.71. The van der Waals surface area contributed by atoms with Crippen LogP contribution in [-0.2, 0) is 11.2 Å². The molecular weight excluding hydrogens is 440 g/mol. The number of halogens is 2. The largest absolute Gasteiger partial charge is 0.497 e. The van der Waals surface area contributed by atoms with Crippen molar-refractivity contribution < 1.29 is 27.8 Å². The fourth-order valence-corrected chi connectivity index (χ4v) is 4.48. The summed E-state index contributed by atoms with van der Waals surface area (Å²) in [4.78, 5) is 30.7. The average Bonchev–Trinajstić information content (AvgIpc) is 3.36. The molecule has 0 fully saturated rings. The van der Waals surface area contributed by atoms with E-state index in [1.54, 1.807) is 18.2 Å². The highest BCUT2D eigenvalue weighted by Gasteiger charge is 2.33. The number of amides is 2. The van der Waals surface area contributed by atoms with Crippen LogP contribution < -0.4 is 20.1 Å². The molecule has 1 heterocycles. The van der Waals surface area contributed by atoms with E-state index in [9.17, 15) is 18.4 Å². The van der Waals surface area contributed by atoms with E-state index in [1.165, 1.54) is 31.6 Å². The highest BCUT2D eigenvalue weighted by Crippen LogP contribution is 2.39.